The van der Waals surface area contributed by atoms with Gasteiger partial charge in [0.1, 0.15) is 0 Å². The number of hydrogen-bond acceptors (Lipinski definition) is 8. The summed E-state index contributed by atoms with van der Waals surface area (Å²) in [6, 6.07) is 9.00. The fourth-order valence-electron chi connectivity index (χ4n) is 4.43. The topological polar surface area (TPSA) is 41.6 Å². The van der Waals surface area contributed by atoms with Gasteiger partial charge in [0.25, 0.3) is 0 Å². The third kappa shape index (κ3) is 3.83. The van der Waals surface area contributed by atoms with Crippen LogP contribution in [-0.2, 0) is 0 Å². The molecule has 4 aromatic heterocycles. The van der Waals surface area contributed by atoms with Crippen molar-refractivity contribution in [2.75, 3.05) is 0 Å². The summed E-state index contributed by atoms with van der Waals surface area (Å²) in [5, 5.41) is 0. The molecule has 0 radical (unpaired) electrons. The van der Waals surface area contributed by atoms with Crippen LogP contribution in [0, 0.1) is 27.7 Å². The molecular weight excluding hydrogens is 547 g/mol. The molecule has 0 atom stereocenters. The summed E-state index contributed by atoms with van der Waals surface area (Å²) in [6.07, 6.45) is 4.18. The molecule has 2 aliphatic rings. The molecule has 0 saturated carbocycles. The van der Waals surface area contributed by atoms with Gasteiger partial charge in [-0.2, -0.15) is 0 Å². The number of benzene rings is 1. The Bertz CT molecular complexity index is 1580. The van der Waals surface area contributed by atoms with Gasteiger partial charge in [-0.1, -0.05) is 47.0 Å². The van der Waals surface area contributed by atoms with Crippen molar-refractivity contribution < 1.29 is 0 Å². The number of aromatic nitrogens is 3. The third-order valence-electron chi connectivity index (χ3n) is 5.97. The van der Waals surface area contributed by atoms with Gasteiger partial charge in [0.05, 0.1) is 30.9 Å². The maximum absolute atomic E-state index is 5.27. The molecule has 1 N–H and O–H groups in total. The quantitative estimate of drug-likeness (QED) is 0.230. The van der Waals surface area contributed by atoms with E-state index in [1.807, 2.05) is 69.7 Å². The highest BCUT2D eigenvalue weighted by Gasteiger charge is 2.28. The predicted molar refractivity (Wildman–Crippen MR) is 156 cm³/mol. The number of thiophene rings is 2. The van der Waals surface area contributed by atoms with E-state index in [1.54, 1.807) is 0 Å². The highest BCUT2D eigenvalue weighted by atomic mass is 32.2. The minimum absolute atomic E-state index is 0.966. The maximum Gasteiger partial charge on any atom is 0.0984 e. The Morgan fingerprint density at radius 3 is 1.40 bits per heavy atom. The summed E-state index contributed by atoms with van der Waals surface area (Å²) < 4.78 is 2.73. The second-order valence-corrected chi connectivity index (χ2v) is 16.2. The molecule has 0 aliphatic carbocycles. The molecule has 174 valence electrons. The summed E-state index contributed by atoms with van der Waals surface area (Å²) in [6.45, 7) is 8.71. The van der Waals surface area contributed by atoms with Crippen molar-refractivity contribution in [2.24, 2.45) is 0 Å². The number of thioether (sulfide) groups is 4. The first-order valence-electron chi connectivity index (χ1n) is 11.1. The molecule has 35 heavy (non-hydrogen) atoms. The molecular formula is C26H19N3S6. The normalized spacial score (nSPS) is 14.9. The van der Waals surface area contributed by atoms with Crippen LogP contribution in [-0.4, -0.2) is 15.0 Å². The molecule has 0 unspecified atom stereocenters. The van der Waals surface area contributed by atoms with E-state index in [4.69, 9.17) is 9.97 Å². The molecule has 9 heteroatoms. The lowest BCUT2D eigenvalue weighted by molar-refractivity contribution is 1.22. The van der Waals surface area contributed by atoms with E-state index < -0.39 is 0 Å². The number of rotatable bonds is 2. The van der Waals surface area contributed by atoms with E-state index >= 15 is 0 Å². The van der Waals surface area contributed by atoms with E-state index in [-0.39, 0.29) is 0 Å². The van der Waals surface area contributed by atoms with Gasteiger partial charge in [-0.25, -0.2) is 9.97 Å². The van der Waals surface area contributed by atoms with Crippen LogP contribution >= 0.6 is 69.7 Å². The number of aryl methyl sites for hydroxylation is 4. The lowest BCUT2D eigenvalue weighted by Crippen LogP contribution is -1.96. The van der Waals surface area contributed by atoms with Crippen molar-refractivity contribution in [3.8, 4) is 22.5 Å². The van der Waals surface area contributed by atoms with E-state index in [1.165, 1.54) is 58.7 Å². The molecule has 7 rings (SSSR count). The van der Waals surface area contributed by atoms with Gasteiger partial charge in [0.15, 0.2) is 0 Å². The average molecular weight is 566 g/mol. The minimum Gasteiger partial charge on any atom is -0.366 e. The van der Waals surface area contributed by atoms with Crippen LogP contribution in [0.1, 0.15) is 19.5 Å². The van der Waals surface area contributed by atoms with Gasteiger partial charge in [0, 0.05) is 62.6 Å². The molecule has 2 aliphatic heterocycles. The Balaban J connectivity index is 1.38. The maximum atomic E-state index is 5.27. The van der Waals surface area contributed by atoms with Gasteiger partial charge < -0.3 is 4.98 Å². The second kappa shape index (κ2) is 8.46. The highest BCUT2D eigenvalue weighted by molar-refractivity contribution is 8.30. The van der Waals surface area contributed by atoms with Crippen LogP contribution in [0.4, 0.5) is 0 Å². The number of aromatic amines is 1. The van der Waals surface area contributed by atoms with Crippen LogP contribution in [0.15, 0.2) is 64.7 Å². The summed E-state index contributed by atoms with van der Waals surface area (Å²) in [5.74, 6) is 0. The first-order valence-corrected chi connectivity index (χ1v) is 16.0. The average Bonchev–Trinajstić information content (AvgIpc) is 3.60. The lowest BCUT2D eigenvalue weighted by atomic mass is 10.0. The molecule has 0 bridgehead atoms. The van der Waals surface area contributed by atoms with Crippen molar-refractivity contribution in [3.05, 3.63) is 64.6 Å². The van der Waals surface area contributed by atoms with Crippen LogP contribution in [0.5, 0.6) is 0 Å². The van der Waals surface area contributed by atoms with E-state index in [9.17, 15) is 0 Å². The van der Waals surface area contributed by atoms with Crippen molar-refractivity contribution in [2.45, 2.75) is 47.3 Å². The summed E-state index contributed by atoms with van der Waals surface area (Å²) in [4.78, 5) is 24.1. The van der Waals surface area contributed by atoms with Gasteiger partial charge in [-0.3, -0.25) is 0 Å². The number of hydrogen-bond donors (Lipinski definition) is 1. The number of H-pyrrole nitrogens is 1. The number of nitrogens with one attached hydrogen (secondary N) is 1. The van der Waals surface area contributed by atoms with Gasteiger partial charge in [-0.05, 0) is 52.0 Å². The Morgan fingerprint density at radius 2 is 1.00 bits per heavy atom. The monoisotopic (exact) mass is 565 g/mol. The first-order chi connectivity index (χ1) is 16.9. The number of nitrogens with zero attached hydrogens (tertiary/aromatic N) is 2. The Kier molecular flexibility index (Phi) is 5.46. The third-order valence-corrected chi connectivity index (χ3v) is 13.5. The zero-order chi connectivity index (χ0) is 23.8. The molecule has 6 heterocycles. The fourth-order valence-corrected chi connectivity index (χ4v) is 11.6. The largest absolute Gasteiger partial charge is 0.366 e. The van der Waals surface area contributed by atoms with E-state index in [2.05, 4.69) is 69.3 Å². The fraction of sp³-hybridized carbons (Fsp3) is 0.154. The summed E-state index contributed by atoms with van der Waals surface area (Å²) in [5.41, 5.74) is 6.32. The predicted octanol–water partition coefficient (Wildman–Crippen LogP) is 9.87. The molecule has 5 aromatic rings. The van der Waals surface area contributed by atoms with Crippen molar-refractivity contribution in [3.63, 3.8) is 0 Å². The van der Waals surface area contributed by atoms with Crippen LogP contribution in [0.3, 0.4) is 0 Å². The standard InChI is InChI=1S/C26H19N3S6/c1-11-5-15(13(3)30-11)23-24(16-6-12(2)31-14(16)4)29-18-8-20-19(7-17(18)28-23)32-25(33-20)26-34-21-9-27-10-22(21)35-26/h5-10,27H,1-4H3. The Morgan fingerprint density at radius 1 is 0.571 bits per heavy atom. The van der Waals surface area contributed by atoms with Crippen molar-refractivity contribution in [1.29, 1.82) is 0 Å². The first kappa shape index (κ1) is 22.6. The molecule has 1 aromatic carbocycles. The Labute approximate surface area is 228 Å². The zero-order valence-corrected chi connectivity index (χ0v) is 24.2. The Hall–Kier alpha value is -1.62. The van der Waals surface area contributed by atoms with Crippen molar-refractivity contribution in [1.82, 2.24) is 15.0 Å². The zero-order valence-electron chi connectivity index (χ0n) is 19.3. The SMILES string of the molecule is Cc1cc(-c2nc3cc4c(cc3nc2-c2cc(C)sc2C)SC(=C2Sc3c[nH]cc3S2)S4)c(C)s1. The summed E-state index contributed by atoms with van der Waals surface area (Å²) >= 11 is 11.1. The van der Waals surface area contributed by atoms with Crippen molar-refractivity contribution >= 4 is 80.8 Å². The van der Waals surface area contributed by atoms with Crippen LogP contribution in [0.25, 0.3) is 33.5 Å². The minimum atomic E-state index is 0.966. The van der Waals surface area contributed by atoms with E-state index in [0.29, 0.717) is 0 Å². The van der Waals surface area contributed by atoms with Crippen LogP contribution < -0.4 is 0 Å². The van der Waals surface area contributed by atoms with Crippen LogP contribution in [0.2, 0.25) is 0 Å². The molecule has 0 spiro atoms. The summed E-state index contributed by atoms with van der Waals surface area (Å²) in [7, 11) is 0. The van der Waals surface area contributed by atoms with Gasteiger partial charge >= 0.3 is 0 Å². The van der Waals surface area contributed by atoms with Gasteiger partial charge in [0.2, 0.25) is 0 Å². The molecule has 0 amide bonds. The highest BCUT2D eigenvalue weighted by Crippen LogP contribution is 2.61. The van der Waals surface area contributed by atoms with E-state index in [0.717, 1.165) is 22.4 Å². The van der Waals surface area contributed by atoms with Gasteiger partial charge in [-0.15, -0.1) is 22.7 Å². The number of fused-ring (bicyclic) bond motifs is 3. The second-order valence-electron chi connectivity index (χ2n) is 8.53. The molecule has 0 saturated heterocycles. The molecule has 0 fully saturated rings. The molecule has 3 nitrogen and oxygen atoms in total. The smallest absolute Gasteiger partial charge is 0.0984 e. The lowest BCUT2D eigenvalue weighted by Gasteiger charge is -2.11.